The van der Waals surface area contributed by atoms with Gasteiger partial charge in [0.15, 0.2) is 6.10 Å². The van der Waals surface area contributed by atoms with Crippen LogP contribution in [0.3, 0.4) is 0 Å². The first kappa shape index (κ1) is 14.8. The van der Waals surface area contributed by atoms with Crippen molar-refractivity contribution in [3.8, 4) is 0 Å². The van der Waals surface area contributed by atoms with Crippen LogP contribution in [-0.4, -0.2) is 23.9 Å². The summed E-state index contributed by atoms with van der Waals surface area (Å²) in [6, 6.07) is 5.41. The second kappa shape index (κ2) is 6.06. The maximum Gasteiger partial charge on any atom is 0.418 e. The summed E-state index contributed by atoms with van der Waals surface area (Å²) < 4.78 is 42.9. The van der Waals surface area contributed by atoms with Crippen LogP contribution in [0.5, 0.6) is 0 Å². The molecule has 1 rings (SSSR count). The zero-order valence-electron chi connectivity index (χ0n) is 9.08. The van der Waals surface area contributed by atoms with Gasteiger partial charge in [0.1, 0.15) is 0 Å². The normalized spacial score (nSPS) is 13.3. The third kappa shape index (κ3) is 4.19. The minimum Gasteiger partial charge on any atom is -0.481 e. The van der Waals surface area contributed by atoms with E-state index in [1.807, 2.05) is 0 Å². The number of aliphatic carboxylic acids is 1. The summed E-state index contributed by atoms with van der Waals surface area (Å²) in [7, 11) is 0. The second-order valence-corrected chi connectivity index (χ2v) is 3.86. The molecule has 0 saturated carbocycles. The van der Waals surface area contributed by atoms with E-state index in [4.69, 9.17) is 16.7 Å². The number of ether oxygens (including phenoxy) is 1. The fourth-order valence-corrected chi connectivity index (χ4v) is 1.55. The Morgan fingerprint density at radius 2 is 2.00 bits per heavy atom. The molecule has 3 nitrogen and oxygen atoms in total. The van der Waals surface area contributed by atoms with Crippen LogP contribution >= 0.6 is 11.6 Å². The minimum absolute atomic E-state index is 0.0739. The van der Waals surface area contributed by atoms with Crippen molar-refractivity contribution in [3.05, 3.63) is 34.9 Å². The SMILES string of the molecule is O=C(O)CCO[C@H](c1ccccc1Cl)C(F)(F)F. The van der Waals surface area contributed by atoms with E-state index in [0.717, 1.165) is 0 Å². The van der Waals surface area contributed by atoms with Crippen molar-refractivity contribution in [2.75, 3.05) is 6.61 Å². The summed E-state index contributed by atoms with van der Waals surface area (Å²) in [5.41, 5.74) is -0.225. The molecule has 0 spiro atoms. The van der Waals surface area contributed by atoms with E-state index in [0.29, 0.717) is 0 Å². The molecule has 0 aliphatic rings. The number of rotatable bonds is 5. The molecule has 0 radical (unpaired) electrons. The van der Waals surface area contributed by atoms with E-state index in [1.165, 1.54) is 24.3 Å². The molecule has 0 aliphatic heterocycles. The molecule has 0 fully saturated rings. The standard InChI is InChI=1S/C11H10ClF3O3/c12-8-4-2-1-3-7(8)10(11(13,14)15)18-6-5-9(16)17/h1-4,10H,5-6H2,(H,16,17)/t10-/m1/s1. The van der Waals surface area contributed by atoms with Gasteiger partial charge in [0.05, 0.1) is 13.0 Å². The van der Waals surface area contributed by atoms with Gasteiger partial charge in [-0.05, 0) is 6.07 Å². The van der Waals surface area contributed by atoms with E-state index >= 15 is 0 Å². The summed E-state index contributed by atoms with van der Waals surface area (Å²) in [6.45, 7) is -0.537. The lowest BCUT2D eigenvalue weighted by molar-refractivity contribution is -0.224. The molecule has 7 heteroatoms. The predicted octanol–water partition coefficient (Wildman–Crippen LogP) is 3.43. The van der Waals surface area contributed by atoms with Crippen molar-refractivity contribution in [2.24, 2.45) is 0 Å². The van der Waals surface area contributed by atoms with Crippen molar-refractivity contribution >= 4 is 17.6 Å². The number of hydrogen-bond donors (Lipinski definition) is 1. The molecule has 0 heterocycles. The van der Waals surface area contributed by atoms with Crippen LogP contribution in [0, 0.1) is 0 Å². The van der Waals surface area contributed by atoms with Crippen molar-refractivity contribution in [1.29, 1.82) is 0 Å². The van der Waals surface area contributed by atoms with E-state index in [2.05, 4.69) is 4.74 Å². The summed E-state index contributed by atoms with van der Waals surface area (Å²) in [6.07, 6.45) is -7.37. The molecule has 100 valence electrons. The molecule has 1 aromatic rings. The van der Waals surface area contributed by atoms with Gasteiger partial charge in [-0.3, -0.25) is 4.79 Å². The highest BCUT2D eigenvalue weighted by molar-refractivity contribution is 6.31. The third-order valence-corrected chi connectivity index (χ3v) is 2.43. The molecule has 18 heavy (non-hydrogen) atoms. The summed E-state index contributed by atoms with van der Waals surface area (Å²) >= 11 is 5.67. The lowest BCUT2D eigenvalue weighted by atomic mass is 10.1. The summed E-state index contributed by atoms with van der Waals surface area (Å²) in [5.74, 6) is -1.23. The molecular formula is C11H10ClF3O3. The Morgan fingerprint density at radius 1 is 1.39 bits per heavy atom. The molecule has 0 unspecified atom stereocenters. The fourth-order valence-electron chi connectivity index (χ4n) is 1.31. The van der Waals surface area contributed by atoms with Crippen molar-refractivity contribution in [2.45, 2.75) is 18.7 Å². The molecule has 1 aromatic carbocycles. The quantitative estimate of drug-likeness (QED) is 0.900. The maximum atomic E-state index is 12.8. The van der Waals surface area contributed by atoms with Crippen molar-refractivity contribution < 1.29 is 27.8 Å². The zero-order valence-corrected chi connectivity index (χ0v) is 9.83. The largest absolute Gasteiger partial charge is 0.481 e. The number of carbonyl (C=O) groups is 1. The summed E-state index contributed by atoms with van der Waals surface area (Å²) in [4.78, 5) is 10.2. The van der Waals surface area contributed by atoms with Gasteiger partial charge in [0, 0.05) is 10.6 Å². The van der Waals surface area contributed by atoms with Gasteiger partial charge < -0.3 is 9.84 Å². The smallest absolute Gasteiger partial charge is 0.418 e. The average molecular weight is 283 g/mol. The Bertz CT molecular complexity index is 420. The molecule has 0 aromatic heterocycles. The number of carboxylic acid groups (broad SMARTS) is 1. The van der Waals surface area contributed by atoms with Crippen LogP contribution in [0.4, 0.5) is 13.2 Å². The molecule has 1 N–H and O–H groups in total. The van der Waals surface area contributed by atoms with Gasteiger partial charge in [-0.1, -0.05) is 29.8 Å². The van der Waals surface area contributed by atoms with E-state index in [-0.39, 0.29) is 10.6 Å². The number of carboxylic acids is 1. The molecule has 0 amide bonds. The van der Waals surface area contributed by atoms with Crippen molar-refractivity contribution in [3.63, 3.8) is 0 Å². The van der Waals surface area contributed by atoms with Crippen LogP contribution in [0.15, 0.2) is 24.3 Å². The summed E-state index contributed by atoms with van der Waals surface area (Å²) in [5, 5.41) is 8.29. The van der Waals surface area contributed by atoms with E-state index in [9.17, 15) is 18.0 Å². The number of alkyl halides is 3. The van der Waals surface area contributed by atoms with Crippen LogP contribution in [0.1, 0.15) is 18.1 Å². The van der Waals surface area contributed by atoms with Gasteiger partial charge in [-0.25, -0.2) is 0 Å². The first-order valence-electron chi connectivity index (χ1n) is 4.97. The van der Waals surface area contributed by atoms with Crippen LogP contribution in [0.25, 0.3) is 0 Å². The highest BCUT2D eigenvalue weighted by Crippen LogP contribution is 2.38. The third-order valence-electron chi connectivity index (χ3n) is 2.09. The minimum atomic E-state index is -4.65. The van der Waals surface area contributed by atoms with Crippen LogP contribution < -0.4 is 0 Å². The van der Waals surface area contributed by atoms with E-state index in [1.54, 1.807) is 0 Å². The topological polar surface area (TPSA) is 46.5 Å². The highest BCUT2D eigenvalue weighted by Gasteiger charge is 2.42. The van der Waals surface area contributed by atoms with Gasteiger partial charge in [-0.15, -0.1) is 0 Å². The van der Waals surface area contributed by atoms with Gasteiger partial charge in [-0.2, -0.15) is 13.2 Å². The average Bonchev–Trinajstić information content (AvgIpc) is 2.24. The Hall–Kier alpha value is -1.27. The molecular weight excluding hydrogens is 273 g/mol. The van der Waals surface area contributed by atoms with Crippen LogP contribution in [0.2, 0.25) is 5.02 Å². The molecule has 0 bridgehead atoms. The van der Waals surface area contributed by atoms with Gasteiger partial charge >= 0.3 is 12.1 Å². The monoisotopic (exact) mass is 282 g/mol. The number of halogens is 4. The molecule has 0 saturated heterocycles. The first-order chi connectivity index (χ1) is 8.32. The first-order valence-corrected chi connectivity index (χ1v) is 5.34. The van der Waals surface area contributed by atoms with Crippen molar-refractivity contribution in [1.82, 2.24) is 0 Å². The zero-order chi connectivity index (χ0) is 13.8. The Balaban J connectivity index is 2.86. The molecule has 0 aliphatic carbocycles. The second-order valence-electron chi connectivity index (χ2n) is 3.46. The van der Waals surface area contributed by atoms with Gasteiger partial charge in [0.2, 0.25) is 0 Å². The fraction of sp³-hybridized carbons (Fsp3) is 0.364. The lowest BCUT2D eigenvalue weighted by Gasteiger charge is -2.21. The Labute approximate surface area is 106 Å². The van der Waals surface area contributed by atoms with Crippen LogP contribution in [-0.2, 0) is 9.53 Å². The Morgan fingerprint density at radius 3 is 2.50 bits per heavy atom. The Kier molecular flexibility index (Phi) is 4.98. The number of benzene rings is 1. The molecule has 1 atom stereocenters. The maximum absolute atomic E-state index is 12.8. The predicted molar refractivity (Wildman–Crippen MR) is 58.5 cm³/mol. The van der Waals surface area contributed by atoms with Gasteiger partial charge in [0.25, 0.3) is 0 Å². The van der Waals surface area contributed by atoms with E-state index < -0.39 is 31.3 Å². The lowest BCUT2D eigenvalue weighted by Crippen LogP contribution is -2.25. The number of hydrogen-bond acceptors (Lipinski definition) is 2. The highest BCUT2D eigenvalue weighted by atomic mass is 35.5.